The lowest BCUT2D eigenvalue weighted by Crippen LogP contribution is -2.37. The summed E-state index contributed by atoms with van der Waals surface area (Å²) in [6.07, 6.45) is 0.184. The number of hydrogen-bond donors (Lipinski definition) is 0. The predicted molar refractivity (Wildman–Crippen MR) is 124 cm³/mol. The van der Waals surface area contributed by atoms with E-state index in [0.29, 0.717) is 0 Å². The van der Waals surface area contributed by atoms with Gasteiger partial charge in [0.25, 0.3) is 0 Å². The topological polar surface area (TPSA) is 82.1 Å². The van der Waals surface area contributed by atoms with Gasteiger partial charge in [-0.3, -0.25) is 19.3 Å². The highest BCUT2D eigenvalue weighted by molar-refractivity contribution is 5.73. The molecular weight excluding hydrogens is 422 g/mol. The van der Waals surface area contributed by atoms with Gasteiger partial charge in [0, 0.05) is 13.1 Å². The molecule has 0 saturated carbocycles. The lowest BCUT2D eigenvalue weighted by molar-refractivity contribution is -0.157. The van der Waals surface area contributed by atoms with E-state index in [9.17, 15) is 14.4 Å². The molecule has 2 aromatic carbocycles. The third-order valence-corrected chi connectivity index (χ3v) is 4.52. The summed E-state index contributed by atoms with van der Waals surface area (Å²) < 4.78 is 16.0. The normalized spacial score (nSPS) is 11.2. The van der Waals surface area contributed by atoms with Crippen LogP contribution in [0.4, 0.5) is 0 Å². The van der Waals surface area contributed by atoms with Gasteiger partial charge >= 0.3 is 17.9 Å². The van der Waals surface area contributed by atoms with Gasteiger partial charge in [0.15, 0.2) is 0 Å². The molecule has 0 N–H and O–H groups in total. The van der Waals surface area contributed by atoms with E-state index >= 15 is 0 Å². The van der Waals surface area contributed by atoms with Crippen LogP contribution in [0.15, 0.2) is 60.7 Å². The molecule has 0 fully saturated rings. The smallest absolute Gasteiger partial charge is 0.320 e. The van der Waals surface area contributed by atoms with E-state index in [1.54, 1.807) is 25.7 Å². The molecule has 0 amide bonds. The van der Waals surface area contributed by atoms with Crippen molar-refractivity contribution in [2.45, 2.75) is 52.4 Å². The van der Waals surface area contributed by atoms with Crippen LogP contribution in [0, 0.1) is 0 Å². The van der Waals surface area contributed by atoms with Crippen molar-refractivity contribution in [1.29, 1.82) is 0 Å². The summed E-state index contributed by atoms with van der Waals surface area (Å²) in [4.78, 5) is 38.3. The first-order valence-electron chi connectivity index (χ1n) is 11.0. The minimum absolute atomic E-state index is 0.0325. The first kappa shape index (κ1) is 26.1. The number of esters is 3. The molecule has 0 aliphatic heterocycles. The molecule has 0 spiro atoms. The minimum Gasteiger partial charge on any atom is -0.461 e. The Morgan fingerprint density at radius 1 is 0.697 bits per heavy atom. The number of rotatable bonds is 12. The SMILES string of the molecule is CC(C)(C)OC(=O)CN(CCC(=O)OCc1ccccc1)CCC(=O)OCc1ccccc1. The maximum Gasteiger partial charge on any atom is 0.320 e. The summed E-state index contributed by atoms with van der Waals surface area (Å²) in [5.74, 6) is -1.17. The lowest BCUT2D eigenvalue weighted by atomic mass is 10.2. The molecule has 2 aromatic rings. The molecule has 0 aliphatic rings. The lowest BCUT2D eigenvalue weighted by Gasteiger charge is -2.24. The molecule has 0 aliphatic carbocycles. The Hall–Kier alpha value is -3.19. The largest absolute Gasteiger partial charge is 0.461 e. The van der Waals surface area contributed by atoms with Crippen LogP contribution in [0.2, 0.25) is 0 Å². The van der Waals surface area contributed by atoms with Gasteiger partial charge in [0.2, 0.25) is 0 Å². The molecule has 7 nitrogen and oxygen atoms in total. The first-order valence-corrected chi connectivity index (χ1v) is 11.0. The Labute approximate surface area is 195 Å². The zero-order valence-electron chi connectivity index (χ0n) is 19.6. The van der Waals surface area contributed by atoms with Gasteiger partial charge in [-0.2, -0.15) is 0 Å². The van der Waals surface area contributed by atoms with E-state index in [4.69, 9.17) is 14.2 Å². The molecule has 178 valence electrons. The summed E-state index contributed by atoms with van der Waals surface area (Å²) in [6.45, 7) is 6.24. The van der Waals surface area contributed by atoms with Gasteiger partial charge in [-0.25, -0.2) is 0 Å². The Morgan fingerprint density at radius 2 is 1.12 bits per heavy atom. The number of benzene rings is 2. The fourth-order valence-electron chi connectivity index (χ4n) is 2.95. The molecule has 0 unspecified atom stereocenters. The fourth-order valence-corrected chi connectivity index (χ4v) is 2.95. The molecule has 33 heavy (non-hydrogen) atoms. The van der Waals surface area contributed by atoms with Crippen LogP contribution in [0.1, 0.15) is 44.7 Å². The molecule has 2 rings (SSSR count). The number of nitrogens with zero attached hydrogens (tertiary/aromatic N) is 1. The highest BCUT2D eigenvalue weighted by Crippen LogP contribution is 2.09. The summed E-state index contributed by atoms with van der Waals surface area (Å²) in [7, 11) is 0. The predicted octanol–water partition coefficient (Wildman–Crippen LogP) is 3.90. The molecular formula is C26H33NO6. The van der Waals surface area contributed by atoms with Crippen molar-refractivity contribution in [3.05, 3.63) is 71.8 Å². The maximum atomic E-state index is 12.3. The van der Waals surface area contributed by atoms with Gasteiger partial charge in [-0.1, -0.05) is 60.7 Å². The molecule has 0 radical (unpaired) electrons. The Balaban J connectivity index is 1.82. The zero-order valence-corrected chi connectivity index (χ0v) is 19.6. The average molecular weight is 456 g/mol. The Bertz CT molecular complexity index is 817. The fraction of sp³-hybridized carbons (Fsp3) is 0.423. The van der Waals surface area contributed by atoms with Crippen molar-refractivity contribution in [3.63, 3.8) is 0 Å². The van der Waals surface area contributed by atoms with E-state index in [1.165, 1.54) is 0 Å². The van der Waals surface area contributed by atoms with E-state index in [2.05, 4.69) is 0 Å². The van der Waals surface area contributed by atoms with Crippen molar-refractivity contribution in [1.82, 2.24) is 4.90 Å². The highest BCUT2D eigenvalue weighted by Gasteiger charge is 2.20. The second-order valence-electron chi connectivity index (χ2n) is 8.66. The third kappa shape index (κ3) is 11.8. The molecule has 7 heteroatoms. The van der Waals surface area contributed by atoms with Crippen LogP contribution in [-0.4, -0.2) is 48.0 Å². The van der Waals surface area contributed by atoms with E-state index < -0.39 is 11.6 Å². The summed E-state index contributed by atoms with van der Waals surface area (Å²) >= 11 is 0. The number of ether oxygens (including phenoxy) is 3. The van der Waals surface area contributed by atoms with Crippen molar-refractivity contribution in [2.75, 3.05) is 19.6 Å². The average Bonchev–Trinajstić information content (AvgIpc) is 2.78. The van der Waals surface area contributed by atoms with Gasteiger partial charge < -0.3 is 14.2 Å². The zero-order chi connectivity index (χ0) is 24.1. The molecule has 0 heterocycles. The van der Waals surface area contributed by atoms with E-state index in [0.717, 1.165) is 11.1 Å². The van der Waals surface area contributed by atoms with Crippen molar-refractivity contribution in [3.8, 4) is 0 Å². The Kier molecular flexibility index (Phi) is 10.6. The summed E-state index contributed by atoms with van der Waals surface area (Å²) in [6, 6.07) is 18.8. The van der Waals surface area contributed by atoms with E-state index in [1.807, 2.05) is 60.7 Å². The van der Waals surface area contributed by atoms with Gasteiger partial charge in [-0.15, -0.1) is 0 Å². The second-order valence-corrected chi connectivity index (χ2v) is 8.66. The number of hydrogen-bond acceptors (Lipinski definition) is 7. The second kappa shape index (κ2) is 13.4. The van der Waals surface area contributed by atoms with Crippen LogP contribution in [0.3, 0.4) is 0 Å². The summed E-state index contributed by atoms with van der Waals surface area (Å²) in [5.41, 5.74) is 1.18. The van der Waals surface area contributed by atoms with Crippen molar-refractivity contribution in [2.24, 2.45) is 0 Å². The van der Waals surface area contributed by atoms with Crippen LogP contribution in [0.25, 0.3) is 0 Å². The van der Waals surface area contributed by atoms with Crippen LogP contribution < -0.4 is 0 Å². The monoisotopic (exact) mass is 455 g/mol. The van der Waals surface area contributed by atoms with Gasteiger partial charge in [-0.05, 0) is 31.9 Å². The molecule has 0 saturated heterocycles. The van der Waals surface area contributed by atoms with Crippen LogP contribution >= 0.6 is 0 Å². The summed E-state index contributed by atoms with van der Waals surface area (Å²) in [5, 5.41) is 0. The third-order valence-electron chi connectivity index (χ3n) is 4.52. The van der Waals surface area contributed by atoms with Gasteiger partial charge in [0.05, 0.1) is 19.4 Å². The molecule has 0 aromatic heterocycles. The van der Waals surface area contributed by atoms with Crippen LogP contribution in [0.5, 0.6) is 0 Å². The van der Waals surface area contributed by atoms with Crippen molar-refractivity contribution >= 4 is 17.9 Å². The highest BCUT2D eigenvalue weighted by atomic mass is 16.6. The standard InChI is InChI=1S/C26H33NO6/c1-26(2,3)33-25(30)18-27(16-14-23(28)31-19-21-10-6-4-7-11-21)17-15-24(29)32-20-22-12-8-5-9-13-22/h4-13H,14-20H2,1-3H3. The number of carbonyl (C=O) groups is 3. The Morgan fingerprint density at radius 3 is 1.52 bits per heavy atom. The minimum atomic E-state index is -0.619. The quantitative estimate of drug-likeness (QED) is 0.355. The van der Waals surface area contributed by atoms with Gasteiger partial charge in [0.1, 0.15) is 18.8 Å². The van der Waals surface area contributed by atoms with Crippen molar-refractivity contribution < 1.29 is 28.6 Å². The molecule has 0 bridgehead atoms. The number of carbonyl (C=O) groups excluding carboxylic acids is 3. The van der Waals surface area contributed by atoms with E-state index in [-0.39, 0.29) is 57.6 Å². The van der Waals surface area contributed by atoms with Crippen LogP contribution in [-0.2, 0) is 41.8 Å². The first-order chi connectivity index (χ1) is 15.7. The molecule has 0 atom stereocenters. The maximum absolute atomic E-state index is 12.3.